The Morgan fingerprint density at radius 1 is 0.920 bits per heavy atom. The van der Waals surface area contributed by atoms with Gasteiger partial charge in [-0.1, -0.05) is 38.5 Å². The number of nitrogens with one attached hydrogen (secondary N) is 1. The smallest absolute Gasteiger partial charge is 0.225 e. The average Bonchev–Trinajstić information content (AvgIpc) is 3.36. The highest BCUT2D eigenvalue weighted by Crippen LogP contribution is 2.49. The van der Waals surface area contributed by atoms with Crippen molar-refractivity contribution in [1.82, 2.24) is 10.2 Å². The second-order valence-electron chi connectivity index (χ2n) is 9.24. The summed E-state index contributed by atoms with van der Waals surface area (Å²) in [4.78, 5) is 27.9. The van der Waals surface area contributed by atoms with Crippen molar-refractivity contribution in [1.29, 1.82) is 0 Å². The van der Waals surface area contributed by atoms with Gasteiger partial charge in [0, 0.05) is 31.0 Å². The van der Waals surface area contributed by atoms with Crippen LogP contribution in [0.2, 0.25) is 0 Å². The van der Waals surface area contributed by atoms with E-state index in [0.717, 1.165) is 32.2 Å². The Morgan fingerprint density at radius 2 is 1.56 bits per heavy atom. The highest BCUT2D eigenvalue weighted by atomic mass is 16.2. The molecule has 25 heavy (non-hydrogen) atoms. The fourth-order valence-electron chi connectivity index (χ4n) is 6.07. The Morgan fingerprint density at radius 3 is 2.24 bits per heavy atom. The fourth-order valence-corrected chi connectivity index (χ4v) is 6.07. The van der Waals surface area contributed by atoms with Gasteiger partial charge in [-0.3, -0.25) is 9.59 Å². The molecule has 4 rings (SSSR count). The van der Waals surface area contributed by atoms with Crippen LogP contribution in [0.4, 0.5) is 0 Å². The topological polar surface area (TPSA) is 49.4 Å². The molecule has 0 aromatic carbocycles. The van der Waals surface area contributed by atoms with Crippen LogP contribution in [-0.4, -0.2) is 35.8 Å². The number of likely N-dealkylation sites (tertiary alicyclic amines) is 1. The molecule has 4 aliphatic rings. The van der Waals surface area contributed by atoms with Crippen molar-refractivity contribution >= 4 is 11.8 Å². The highest BCUT2D eigenvalue weighted by molar-refractivity contribution is 5.83. The monoisotopic (exact) mass is 346 g/mol. The van der Waals surface area contributed by atoms with E-state index in [2.05, 4.69) is 10.2 Å². The molecule has 1 spiro atoms. The van der Waals surface area contributed by atoms with Gasteiger partial charge < -0.3 is 10.2 Å². The van der Waals surface area contributed by atoms with Crippen LogP contribution >= 0.6 is 0 Å². The predicted molar refractivity (Wildman–Crippen MR) is 97.9 cm³/mol. The molecule has 0 aromatic heterocycles. The Kier molecular flexibility index (Phi) is 5.06. The zero-order valence-corrected chi connectivity index (χ0v) is 15.6. The van der Waals surface area contributed by atoms with E-state index in [1.54, 1.807) is 0 Å². The molecule has 0 radical (unpaired) electrons. The third-order valence-electron chi connectivity index (χ3n) is 7.56. The van der Waals surface area contributed by atoms with Crippen molar-refractivity contribution in [3.63, 3.8) is 0 Å². The number of hydrogen-bond donors (Lipinski definition) is 1. The number of hydrogen-bond acceptors (Lipinski definition) is 2. The molecule has 2 amide bonds. The first-order valence-corrected chi connectivity index (χ1v) is 10.7. The maximum atomic E-state index is 13.0. The van der Waals surface area contributed by atoms with Crippen molar-refractivity contribution in [2.75, 3.05) is 13.1 Å². The van der Waals surface area contributed by atoms with Crippen LogP contribution in [0.15, 0.2) is 0 Å². The number of carbonyl (C=O) groups excluding carboxylic acids is 2. The Balaban J connectivity index is 1.41. The van der Waals surface area contributed by atoms with Gasteiger partial charge in [0.15, 0.2) is 0 Å². The summed E-state index contributed by atoms with van der Waals surface area (Å²) in [6.07, 6.45) is 15.2. The first-order valence-electron chi connectivity index (χ1n) is 10.7. The van der Waals surface area contributed by atoms with Gasteiger partial charge in [0.2, 0.25) is 11.8 Å². The minimum absolute atomic E-state index is 0.0307. The summed E-state index contributed by atoms with van der Waals surface area (Å²) in [5.74, 6) is 1.18. The standard InChI is InChI=1S/C21H34N2O2/c24-19(13-16-7-1-2-8-16)23-14-18(21(15-23)11-5-6-12-21)20(25)22-17-9-3-4-10-17/h16-18H,1-15H2,(H,22,25). The Bertz CT molecular complexity index is 500. The molecule has 0 bridgehead atoms. The summed E-state index contributed by atoms with van der Waals surface area (Å²) in [5.41, 5.74) is 0.0774. The van der Waals surface area contributed by atoms with Crippen molar-refractivity contribution in [3.8, 4) is 0 Å². The lowest BCUT2D eigenvalue weighted by atomic mass is 9.76. The third-order valence-corrected chi connectivity index (χ3v) is 7.56. The van der Waals surface area contributed by atoms with Crippen LogP contribution in [0.25, 0.3) is 0 Å². The maximum Gasteiger partial charge on any atom is 0.225 e. The lowest BCUT2D eigenvalue weighted by Crippen LogP contribution is -2.43. The van der Waals surface area contributed by atoms with E-state index in [4.69, 9.17) is 0 Å². The molecule has 1 heterocycles. The van der Waals surface area contributed by atoms with Gasteiger partial charge in [-0.15, -0.1) is 0 Å². The second kappa shape index (κ2) is 7.28. The molecule has 140 valence electrons. The molecule has 4 heteroatoms. The molecule has 0 aromatic rings. The lowest BCUT2D eigenvalue weighted by molar-refractivity contribution is -0.131. The van der Waals surface area contributed by atoms with E-state index in [9.17, 15) is 9.59 Å². The molecule has 1 aliphatic heterocycles. The normalized spacial score (nSPS) is 29.8. The van der Waals surface area contributed by atoms with E-state index in [0.29, 0.717) is 30.8 Å². The van der Waals surface area contributed by atoms with Crippen LogP contribution < -0.4 is 5.32 Å². The third kappa shape index (κ3) is 3.59. The van der Waals surface area contributed by atoms with E-state index in [-0.39, 0.29) is 17.2 Å². The minimum atomic E-state index is 0.0307. The van der Waals surface area contributed by atoms with Gasteiger partial charge in [0.1, 0.15) is 0 Å². The molecule has 3 saturated carbocycles. The summed E-state index contributed by atoms with van der Waals surface area (Å²) in [6, 6.07) is 0.384. The largest absolute Gasteiger partial charge is 0.353 e. The molecular weight excluding hydrogens is 312 g/mol. The van der Waals surface area contributed by atoms with Crippen LogP contribution in [0, 0.1) is 17.3 Å². The number of rotatable bonds is 4. The fraction of sp³-hybridized carbons (Fsp3) is 0.905. The Hall–Kier alpha value is -1.06. The van der Waals surface area contributed by atoms with Crippen LogP contribution in [0.3, 0.4) is 0 Å². The minimum Gasteiger partial charge on any atom is -0.353 e. The molecule has 1 unspecified atom stereocenters. The molecule has 1 saturated heterocycles. The molecule has 3 aliphatic carbocycles. The van der Waals surface area contributed by atoms with Crippen LogP contribution in [0.1, 0.15) is 83.5 Å². The first-order chi connectivity index (χ1) is 12.2. The predicted octanol–water partition coefficient (Wildman–Crippen LogP) is 3.64. The number of carbonyl (C=O) groups is 2. The zero-order chi connectivity index (χ0) is 17.3. The lowest BCUT2D eigenvalue weighted by Gasteiger charge is -2.29. The summed E-state index contributed by atoms with van der Waals surface area (Å²) < 4.78 is 0. The number of nitrogens with zero attached hydrogens (tertiary/aromatic N) is 1. The molecule has 1 atom stereocenters. The van der Waals surface area contributed by atoms with Crippen molar-refractivity contribution in [2.24, 2.45) is 17.3 Å². The average molecular weight is 347 g/mol. The van der Waals surface area contributed by atoms with E-state index >= 15 is 0 Å². The highest BCUT2D eigenvalue weighted by Gasteiger charge is 2.52. The SMILES string of the molecule is O=C(NC1CCCC1)C1CN(C(=O)CC2CCCC2)CC12CCCC2. The van der Waals surface area contributed by atoms with Crippen LogP contribution in [0.5, 0.6) is 0 Å². The van der Waals surface area contributed by atoms with Gasteiger partial charge in [-0.2, -0.15) is 0 Å². The van der Waals surface area contributed by atoms with E-state index in [1.165, 1.54) is 51.4 Å². The zero-order valence-electron chi connectivity index (χ0n) is 15.6. The van der Waals surface area contributed by atoms with E-state index in [1.807, 2.05) is 0 Å². The van der Waals surface area contributed by atoms with Crippen molar-refractivity contribution < 1.29 is 9.59 Å². The van der Waals surface area contributed by atoms with Crippen molar-refractivity contribution in [3.05, 3.63) is 0 Å². The molecular formula is C21H34N2O2. The summed E-state index contributed by atoms with van der Waals surface area (Å²) in [7, 11) is 0. The first kappa shape index (κ1) is 17.4. The van der Waals surface area contributed by atoms with Crippen molar-refractivity contribution in [2.45, 2.75) is 89.5 Å². The quantitative estimate of drug-likeness (QED) is 0.845. The molecule has 4 nitrogen and oxygen atoms in total. The summed E-state index contributed by atoms with van der Waals surface area (Å²) in [6.45, 7) is 1.51. The molecule has 1 N–H and O–H groups in total. The maximum absolute atomic E-state index is 13.0. The van der Waals surface area contributed by atoms with Gasteiger partial charge in [0.05, 0.1) is 5.92 Å². The van der Waals surface area contributed by atoms with Gasteiger partial charge in [-0.05, 0) is 44.4 Å². The number of amides is 2. The summed E-state index contributed by atoms with van der Waals surface area (Å²) in [5, 5.41) is 3.33. The Labute approximate surface area is 152 Å². The van der Waals surface area contributed by atoms with Crippen LogP contribution in [-0.2, 0) is 9.59 Å². The van der Waals surface area contributed by atoms with Gasteiger partial charge >= 0.3 is 0 Å². The van der Waals surface area contributed by atoms with Gasteiger partial charge in [-0.25, -0.2) is 0 Å². The summed E-state index contributed by atoms with van der Waals surface area (Å²) >= 11 is 0. The second-order valence-corrected chi connectivity index (χ2v) is 9.24. The van der Waals surface area contributed by atoms with E-state index < -0.39 is 0 Å². The van der Waals surface area contributed by atoms with Gasteiger partial charge in [0.25, 0.3) is 0 Å². The molecule has 4 fully saturated rings.